The molecule has 1 unspecified atom stereocenters. The third-order valence-corrected chi connectivity index (χ3v) is 3.90. The van der Waals surface area contributed by atoms with E-state index in [1.165, 1.54) is 37.8 Å². The zero-order valence-corrected chi connectivity index (χ0v) is 11.0. The molecule has 1 heterocycles. The van der Waals surface area contributed by atoms with E-state index >= 15 is 0 Å². The topological polar surface area (TPSA) is 38.0 Å². The minimum absolute atomic E-state index is 0.184. The van der Waals surface area contributed by atoms with E-state index < -0.39 is 0 Å². The predicted molar refractivity (Wildman–Crippen MR) is 68.9 cm³/mol. The first-order valence-corrected chi connectivity index (χ1v) is 6.92. The van der Waals surface area contributed by atoms with E-state index in [1.54, 1.807) is 0 Å². The molecule has 0 spiro atoms. The van der Waals surface area contributed by atoms with Gasteiger partial charge in [0, 0.05) is 18.7 Å². The van der Waals surface area contributed by atoms with Crippen molar-refractivity contribution in [3.63, 3.8) is 0 Å². The molecule has 1 saturated carbocycles. The van der Waals surface area contributed by atoms with Crippen molar-refractivity contribution in [2.45, 2.75) is 65.0 Å². The zero-order chi connectivity index (χ0) is 12.3. The van der Waals surface area contributed by atoms with Gasteiger partial charge in [0.25, 0.3) is 0 Å². The maximum atomic E-state index is 10.3. The molecule has 17 heavy (non-hydrogen) atoms. The number of hydrogen-bond donors (Lipinski definition) is 1. The number of aromatic nitrogens is 2. The smallest absolute Gasteiger partial charge is 0.0623 e. The van der Waals surface area contributed by atoms with Crippen LogP contribution in [0.25, 0.3) is 0 Å². The fourth-order valence-corrected chi connectivity index (χ4v) is 2.94. The van der Waals surface area contributed by atoms with Crippen molar-refractivity contribution in [3.8, 4) is 0 Å². The second kappa shape index (κ2) is 5.67. The van der Waals surface area contributed by atoms with Gasteiger partial charge >= 0.3 is 0 Å². The van der Waals surface area contributed by atoms with Crippen molar-refractivity contribution in [3.05, 3.63) is 17.5 Å². The average Bonchev–Trinajstić information content (AvgIpc) is 2.70. The molecule has 1 aliphatic rings. The van der Waals surface area contributed by atoms with Crippen molar-refractivity contribution < 1.29 is 5.11 Å². The number of aliphatic hydroxyl groups is 1. The molecule has 0 aliphatic heterocycles. The van der Waals surface area contributed by atoms with Crippen molar-refractivity contribution in [2.75, 3.05) is 0 Å². The first-order valence-electron chi connectivity index (χ1n) is 6.92. The van der Waals surface area contributed by atoms with Crippen molar-refractivity contribution >= 4 is 0 Å². The maximum Gasteiger partial charge on any atom is 0.0623 e. The Morgan fingerprint density at radius 2 is 2.12 bits per heavy atom. The molecule has 3 heteroatoms. The zero-order valence-electron chi connectivity index (χ0n) is 11.0. The standard InChI is InChI=1S/C14H24N2O/c1-3-16-13(9-11(2)15-16)10-14(17)12-7-5-4-6-8-12/h9,12,14,17H,3-8,10H2,1-2H3. The Morgan fingerprint density at radius 1 is 1.41 bits per heavy atom. The van der Waals surface area contributed by atoms with Gasteiger partial charge in [0.05, 0.1) is 11.8 Å². The monoisotopic (exact) mass is 236 g/mol. The highest BCUT2D eigenvalue weighted by Crippen LogP contribution is 2.28. The quantitative estimate of drug-likeness (QED) is 0.873. The van der Waals surface area contributed by atoms with Crippen molar-refractivity contribution in [1.82, 2.24) is 9.78 Å². The lowest BCUT2D eigenvalue weighted by Gasteiger charge is -2.26. The molecule has 1 atom stereocenters. The van der Waals surface area contributed by atoms with Crippen LogP contribution in [0.3, 0.4) is 0 Å². The Morgan fingerprint density at radius 3 is 2.76 bits per heavy atom. The number of aryl methyl sites for hydroxylation is 2. The summed E-state index contributed by atoms with van der Waals surface area (Å²) in [6.07, 6.45) is 6.88. The molecular formula is C14H24N2O. The third-order valence-electron chi connectivity index (χ3n) is 3.90. The lowest BCUT2D eigenvalue weighted by Crippen LogP contribution is -2.26. The average molecular weight is 236 g/mol. The van der Waals surface area contributed by atoms with E-state index in [0.717, 1.165) is 18.7 Å². The lowest BCUT2D eigenvalue weighted by molar-refractivity contribution is 0.0832. The van der Waals surface area contributed by atoms with Gasteiger partial charge in [0.15, 0.2) is 0 Å². The van der Waals surface area contributed by atoms with E-state index in [-0.39, 0.29) is 6.10 Å². The van der Waals surface area contributed by atoms with Crippen molar-refractivity contribution in [2.24, 2.45) is 5.92 Å². The fourth-order valence-electron chi connectivity index (χ4n) is 2.94. The van der Waals surface area contributed by atoms with E-state index in [2.05, 4.69) is 18.1 Å². The van der Waals surface area contributed by atoms with Gasteiger partial charge in [-0.25, -0.2) is 0 Å². The van der Waals surface area contributed by atoms with E-state index in [1.807, 2.05) is 11.6 Å². The second-order valence-electron chi connectivity index (χ2n) is 5.26. The van der Waals surface area contributed by atoms with Gasteiger partial charge in [-0.1, -0.05) is 19.3 Å². The number of nitrogens with zero attached hydrogens (tertiary/aromatic N) is 2. The summed E-state index contributed by atoms with van der Waals surface area (Å²) < 4.78 is 2.02. The summed E-state index contributed by atoms with van der Waals surface area (Å²) >= 11 is 0. The minimum Gasteiger partial charge on any atom is -0.392 e. The number of aliphatic hydroxyl groups excluding tert-OH is 1. The Labute approximate surface area is 104 Å². The van der Waals surface area contributed by atoms with Crippen LogP contribution < -0.4 is 0 Å². The molecule has 0 radical (unpaired) electrons. The first kappa shape index (κ1) is 12.6. The van der Waals surface area contributed by atoms with Crippen LogP contribution in [0.15, 0.2) is 6.07 Å². The highest BCUT2D eigenvalue weighted by molar-refractivity contribution is 5.10. The van der Waals surface area contributed by atoms with E-state index in [4.69, 9.17) is 0 Å². The van der Waals surface area contributed by atoms with Gasteiger partial charge in [-0.2, -0.15) is 5.10 Å². The number of hydrogen-bond acceptors (Lipinski definition) is 2. The summed E-state index contributed by atoms with van der Waals surface area (Å²) in [5.74, 6) is 0.504. The van der Waals surface area contributed by atoms with Crippen LogP contribution in [-0.4, -0.2) is 21.0 Å². The molecule has 1 fully saturated rings. The van der Waals surface area contributed by atoms with Gasteiger partial charge in [-0.15, -0.1) is 0 Å². The van der Waals surface area contributed by atoms with Gasteiger partial charge < -0.3 is 5.11 Å². The predicted octanol–water partition coefficient (Wildman–Crippen LogP) is 2.70. The van der Waals surface area contributed by atoms with Gasteiger partial charge in [0.1, 0.15) is 0 Å². The summed E-state index contributed by atoms with van der Waals surface area (Å²) in [7, 11) is 0. The van der Waals surface area contributed by atoms with Crippen LogP contribution in [-0.2, 0) is 13.0 Å². The van der Waals surface area contributed by atoms with Gasteiger partial charge in [-0.3, -0.25) is 4.68 Å². The Bertz CT molecular complexity index is 353. The molecule has 0 saturated heterocycles. The van der Waals surface area contributed by atoms with Crippen LogP contribution in [0, 0.1) is 12.8 Å². The molecule has 1 N–H and O–H groups in total. The highest BCUT2D eigenvalue weighted by Gasteiger charge is 2.23. The van der Waals surface area contributed by atoms with Crippen LogP contribution in [0.2, 0.25) is 0 Å². The number of rotatable bonds is 4. The van der Waals surface area contributed by atoms with Gasteiger partial charge in [-0.05, 0) is 38.7 Å². The fraction of sp³-hybridized carbons (Fsp3) is 0.786. The molecule has 3 nitrogen and oxygen atoms in total. The largest absolute Gasteiger partial charge is 0.392 e. The summed E-state index contributed by atoms with van der Waals surface area (Å²) in [6.45, 7) is 5.01. The van der Waals surface area contributed by atoms with Crippen LogP contribution in [0.5, 0.6) is 0 Å². The highest BCUT2D eigenvalue weighted by atomic mass is 16.3. The third kappa shape index (κ3) is 3.09. The van der Waals surface area contributed by atoms with Crippen molar-refractivity contribution in [1.29, 1.82) is 0 Å². The molecule has 0 bridgehead atoms. The molecule has 2 rings (SSSR count). The SMILES string of the molecule is CCn1nc(C)cc1CC(O)C1CCCCC1. The lowest BCUT2D eigenvalue weighted by atomic mass is 9.84. The molecule has 96 valence electrons. The van der Waals surface area contributed by atoms with E-state index in [9.17, 15) is 5.11 Å². The van der Waals surface area contributed by atoms with E-state index in [0.29, 0.717) is 5.92 Å². The molecule has 0 amide bonds. The summed E-state index contributed by atoms with van der Waals surface area (Å²) in [5.41, 5.74) is 2.24. The molecule has 1 aromatic rings. The normalized spacial score (nSPS) is 19.5. The summed E-state index contributed by atoms with van der Waals surface area (Å²) in [6, 6.07) is 2.11. The Kier molecular flexibility index (Phi) is 4.21. The summed E-state index contributed by atoms with van der Waals surface area (Å²) in [4.78, 5) is 0. The first-order chi connectivity index (χ1) is 8.20. The molecule has 1 aliphatic carbocycles. The summed E-state index contributed by atoms with van der Waals surface area (Å²) in [5, 5.41) is 14.7. The Hall–Kier alpha value is -0.830. The second-order valence-corrected chi connectivity index (χ2v) is 5.26. The van der Waals surface area contributed by atoms with Crippen LogP contribution in [0.1, 0.15) is 50.4 Å². The minimum atomic E-state index is -0.184. The molecule has 0 aromatic carbocycles. The molecular weight excluding hydrogens is 212 g/mol. The van der Waals surface area contributed by atoms with Gasteiger partial charge in [0.2, 0.25) is 0 Å². The maximum absolute atomic E-state index is 10.3. The van der Waals surface area contributed by atoms with Crippen LogP contribution in [0.4, 0.5) is 0 Å². The van der Waals surface area contributed by atoms with Crippen LogP contribution >= 0.6 is 0 Å². The molecule has 1 aromatic heterocycles. The Balaban J connectivity index is 1.98.